The van der Waals surface area contributed by atoms with Gasteiger partial charge in [-0.1, -0.05) is 103 Å². The molecule has 10 nitrogen and oxygen atoms in total. The van der Waals surface area contributed by atoms with Gasteiger partial charge in [0.1, 0.15) is 5.75 Å². The first-order chi connectivity index (χ1) is 26.1. The number of β-lactam (4-membered cyclic amide) rings is 1. The summed E-state index contributed by atoms with van der Waals surface area (Å²) in [5.74, 6) is 0.348. The van der Waals surface area contributed by atoms with E-state index in [9.17, 15) is 9.90 Å². The van der Waals surface area contributed by atoms with Crippen LogP contribution in [0.2, 0.25) is 18.6 Å². The minimum Gasteiger partial charge on any atom is -0.497 e. The van der Waals surface area contributed by atoms with E-state index in [-0.39, 0.29) is 41.9 Å². The summed E-state index contributed by atoms with van der Waals surface area (Å²) >= 11 is 0. The van der Waals surface area contributed by atoms with Gasteiger partial charge in [-0.25, -0.2) is 0 Å². The number of hydrogen-bond acceptors (Lipinski definition) is 7. The predicted octanol–water partition coefficient (Wildman–Crippen LogP) is 6.00. The number of hydrogen-bond donors (Lipinski definition) is 1. The smallest absolute Gasteiger partial charge is 0.264 e. The highest BCUT2D eigenvalue weighted by Gasteiger charge is 2.66. The summed E-state index contributed by atoms with van der Waals surface area (Å²) in [6.07, 6.45) is 2.75. The maximum Gasteiger partial charge on any atom is 0.264 e. The first kappa shape index (κ1) is 35.9. The zero-order valence-corrected chi connectivity index (χ0v) is 32.3. The summed E-state index contributed by atoms with van der Waals surface area (Å²) in [4.78, 5) is 31.6. The number of nitrogens with zero attached hydrogens (tertiary/aromatic N) is 5. The summed E-state index contributed by atoms with van der Waals surface area (Å²) in [5.41, 5.74) is 3.95. The maximum atomic E-state index is 15.3. The van der Waals surface area contributed by atoms with Crippen LogP contribution in [-0.2, 0) is 33.0 Å². The number of amides is 2. The second-order valence-corrected chi connectivity index (χ2v) is 20.1. The molecule has 1 unspecified atom stereocenters. The second kappa shape index (κ2) is 14.3. The molecule has 2 saturated heterocycles. The number of ether oxygens (including phenoxy) is 2. The Balaban J connectivity index is 1.19. The highest BCUT2D eigenvalue weighted by atomic mass is 28.3. The van der Waals surface area contributed by atoms with Crippen molar-refractivity contribution in [3.63, 3.8) is 0 Å². The lowest BCUT2D eigenvalue weighted by Gasteiger charge is -2.37. The number of carbonyl (C=O) groups is 2. The van der Waals surface area contributed by atoms with Crippen molar-refractivity contribution in [2.45, 2.75) is 69.1 Å². The molecule has 11 heteroatoms. The van der Waals surface area contributed by atoms with Gasteiger partial charge in [0, 0.05) is 42.9 Å². The summed E-state index contributed by atoms with van der Waals surface area (Å²) in [6, 6.07) is 34.3. The molecule has 3 aliphatic rings. The van der Waals surface area contributed by atoms with E-state index >= 15 is 4.79 Å². The van der Waals surface area contributed by atoms with E-state index in [1.165, 1.54) is 5.19 Å². The van der Waals surface area contributed by atoms with Crippen molar-refractivity contribution in [1.29, 1.82) is 0 Å². The molecule has 8 rings (SSSR count). The third kappa shape index (κ3) is 6.04. The van der Waals surface area contributed by atoms with Gasteiger partial charge < -0.3 is 24.4 Å². The lowest BCUT2D eigenvalue weighted by Crippen LogP contribution is -2.51. The Labute approximate surface area is 317 Å². The number of anilines is 2. The molecule has 1 aromatic heterocycles. The predicted molar refractivity (Wildman–Crippen MR) is 211 cm³/mol. The van der Waals surface area contributed by atoms with Crippen LogP contribution in [-0.4, -0.2) is 66.4 Å². The minimum atomic E-state index is -2.39. The van der Waals surface area contributed by atoms with Crippen LogP contribution in [0, 0.1) is 5.92 Å². The van der Waals surface area contributed by atoms with Crippen molar-refractivity contribution in [3.8, 4) is 5.75 Å². The van der Waals surface area contributed by atoms with Crippen molar-refractivity contribution in [2.75, 3.05) is 30.1 Å². The van der Waals surface area contributed by atoms with Gasteiger partial charge in [0.15, 0.2) is 5.60 Å². The average molecular weight is 742 g/mol. The maximum absolute atomic E-state index is 15.3. The molecule has 278 valence electrons. The minimum absolute atomic E-state index is 0.0335. The Morgan fingerprint density at radius 3 is 2.35 bits per heavy atom. The van der Waals surface area contributed by atoms with Crippen LogP contribution >= 0.6 is 0 Å². The van der Waals surface area contributed by atoms with Gasteiger partial charge in [0.2, 0.25) is 5.91 Å². The molecule has 4 aromatic carbocycles. The van der Waals surface area contributed by atoms with Gasteiger partial charge in [-0.2, -0.15) is 0 Å². The number of rotatable bonds is 12. The van der Waals surface area contributed by atoms with E-state index in [0.29, 0.717) is 38.2 Å². The van der Waals surface area contributed by atoms with Crippen LogP contribution in [0.25, 0.3) is 0 Å². The molecule has 3 aliphatic heterocycles. The van der Waals surface area contributed by atoms with Crippen molar-refractivity contribution < 1.29 is 24.2 Å². The number of fused-ring (bicyclic) bond motifs is 2. The average Bonchev–Trinajstić information content (AvgIpc) is 3.84. The molecule has 5 aromatic rings. The Hall–Kier alpha value is -5.10. The lowest BCUT2D eigenvalue weighted by atomic mass is 9.82. The second-order valence-electron chi connectivity index (χ2n) is 15.4. The molecule has 2 amide bonds. The summed E-state index contributed by atoms with van der Waals surface area (Å²) in [5, 5.41) is 20.5. The van der Waals surface area contributed by atoms with Crippen LogP contribution in [0.3, 0.4) is 0 Å². The fraction of sp³-hybridized carbons (Fsp3) is 0.349. The molecule has 1 N–H and O–H groups in total. The van der Waals surface area contributed by atoms with E-state index in [1.54, 1.807) is 12.0 Å². The monoisotopic (exact) mass is 741 g/mol. The van der Waals surface area contributed by atoms with E-state index in [2.05, 4.69) is 42.5 Å². The van der Waals surface area contributed by atoms with Crippen molar-refractivity contribution in [3.05, 3.63) is 132 Å². The van der Waals surface area contributed by atoms with Crippen LogP contribution < -0.4 is 19.7 Å². The third-order valence-electron chi connectivity index (χ3n) is 12.1. The van der Waals surface area contributed by atoms with Gasteiger partial charge in [-0.05, 0) is 53.4 Å². The van der Waals surface area contributed by atoms with E-state index < -0.39 is 13.7 Å². The molecular formula is C43H47N5O5Si. The molecule has 0 radical (unpaired) electrons. The Kier molecular flexibility index (Phi) is 9.49. The fourth-order valence-corrected chi connectivity index (χ4v) is 13.2. The standard InChI is InChI=1S/C43H47N5O5Si/c1-29-41(54(3,4)34-18-16-33(52-2)17-19-34)39(21-23-46-27-37(44-45-46)35(28-49)31-13-9-6-10-14-31)53-43(29)36-25-32(47-24-22-40(47)50)15-20-38(36)48(42(43)51)26-30-11-7-5-8-12-30/h5-20,25,27,29,35,39,41,49H,21-24,26,28H2,1-4H3/t29-,35?,39+,41-,43+/m1/s1. The Morgan fingerprint density at radius 2 is 1.70 bits per heavy atom. The highest BCUT2D eigenvalue weighted by Crippen LogP contribution is 2.60. The number of aromatic nitrogens is 3. The van der Waals surface area contributed by atoms with E-state index in [1.807, 2.05) is 107 Å². The lowest BCUT2D eigenvalue weighted by molar-refractivity contribution is -0.146. The molecule has 54 heavy (non-hydrogen) atoms. The van der Waals surface area contributed by atoms with Crippen LogP contribution in [0.15, 0.2) is 109 Å². The van der Waals surface area contributed by atoms with E-state index in [4.69, 9.17) is 9.47 Å². The van der Waals surface area contributed by atoms with Crippen LogP contribution in [0.5, 0.6) is 5.75 Å². The Morgan fingerprint density at radius 1 is 0.981 bits per heavy atom. The van der Waals surface area contributed by atoms with Gasteiger partial charge in [0.25, 0.3) is 5.91 Å². The quantitative estimate of drug-likeness (QED) is 0.123. The summed E-state index contributed by atoms with van der Waals surface area (Å²) in [6.45, 7) is 8.46. The summed E-state index contributed by atoms with van der Waals surface area (Å²) < 4.78 is 14.7. The zero-order chi connectivity index (χ0) is 37.6. The molecule has 2 fully saturated rings. The SMILES string of the molecule is COc1ccc([Si](C)(C)[C@H]2[C@H](CCn3cc(C(CO)c4ccccc4)nn3)O[C@@]3(C(=O)N(Cc4ccccc4)c4ccc(N5CCC5=O)cc43)[C@@H]2C)cc1. The number of aryl methyl sites for hydroxylation is 1. The first-order valence-corrected chi connectivity index (χ1v) is 21.9. The van der Waals surface area contributed by atoms with Crippen LogP contribution in [0.4, 0.5) is 11.4 Å². The van der Waals surface area contributed by atoms with Crippen molar-refractivity contribution in [2.24, 2.45) is 5.92 Å². The fourth-order valence-electron chi connectivity index (χ4n) is 9.15. The van der Waals surface area contributed by atoms with Crippen LogP contribution in [0.1, 0.15) is 48.1 Å². The number of aliphatic hydroxyl groups excluding tert-OH is 1. The largest absolute Gasteiger partial charge is 0.497 e. The van der Waals surface area contributed by atoms with Crippen molar-refractivity contribution >= 4 is 36.4 Å². The number of carbonyl (C=O) groups excluding carboxylic acids is 2. The van der Waals surface area contributed by atoms with Gasteiger partial charge in [-0.3, -0.25) is 14.3 Å². The molecule has 0 bridgehead atoms. The van der Waals surface area contributed by atoms with E-state index in [0.717, 1.165) is 33.8 Å². The van der Waals surface area contributed by atoms with Gasteiger partial charge in [0.05, 0.1) is 51.7 Å². The molecule has 5 atom stereocenters. The zero-order valence-electron chi connectivity index (χ0n) is 31.3. The number of aliphatic hydroxyl groups is 1. The number of methoxy groups -OCH3 is 1. The Bertz CT molecular complexity index is 2140. The first-order valence-electron chi connectivity index (χ1n) is 18.8. The molecule has 4 heterocycles. The third-order valence-corrected chi connectivity index (χ3v) is 16.5. The molecule has 0 saturated carbocycles. The molecular weight excluding hydrogens is 695 g/mol. The normalized spacial score (nSPS) is 22.8. The number of benzene rings is 4. The molecule has 1 spiro atoms. The summed E-state index contributed by atoms with van der Waals surface area (Å²) in [7, 11) is -0.710. The highest BCUT2D eigenvalue weighted by molar-refractivity contribution is 6.91. The molecule has 0 aliphatic carbocycles. The topological polar surface area (TPSA) is 110 Å². The van der Waals surface area contributed by atoms with Crippen molar-refractivity contribution in [1.82, 2.24) is 15.0 Å². The van der Waals surface area contributed by atoms with Gasteiger partial charge in [-0.15, -0.1) is 5.10 Å². The van der Waals surface area contributed by atoms with Gasteiger partial charge >= 0.3 is 0 Å².